The maximum atomic E-state index is 13.1. The van der Waals surface area contributed by atoms with Crippen molar-refractivity contribution < 1.29 is 37.0 Å². The van der Waals surface area contributed by atoms with Gasteiger partial charge in [-0.2, -0.15) is 13.2 Å². The summed E-state index contributed by atoms with van der Waals surface area (Å²) in [6.07, 6.45) is 0. The Kier molecular flexibility index (Phi) is 2.02. The Bertz CT molecular complexity index is 325. The number of cyclic esters (lactones) is 2. The standard InChI is InChI=1S/C6H3F3O5/c1-2(10)14-6(9)4(12)13-3(11)5(6,7)8/h1H3. The van der Waals surface area contributed by atoms with Crippen LogP contribution in [0.4, 0.5) is 13.2 Å². The van der Waals surface area contributed by atoms with E-state index in [4.69, 9.17) is 0 Å². The summed E-state index contributed by atoms with van der Waals surface area (Å²) >= 11 is 0. The fourth-order valence-corrected chi connectivity index (χ4v) is 0.777. The van der Waals surface area contributed by atoms with Gasteiger partial charge in [-0.05, 0) is 0 Å². The molecule has 0 aromatic rings. The number of hydrogen-bond donors (Lipinski definition) is 0. The van der Waals surface area contributed by atoms with Crippen LogP contribution in [0.3, 0.4) is 0 Å². The van der Waals surface area contributed by atoms with Crippen LogP contribution in [0.2, 0.25) is 0 Å². The molecule has 0 radical (unpaired) electrons. The molecule has 1 aliphatic rings. The molecule has 0 saturated carbocycles. The maximum Gasteiger partial charge on any atom is 0.423 e. The number of carbonyl (C=O) groups excluding carboxylic acids is 3. The zero-order valence-electron chi connectivity index (χ0n) is 6.68. The van der Waals surface area contributed by atoms with Crippen LogP contribution in [0, 0.1) is 0 Å². The van der Waals surface area contributed by atoms with Crippen LogP contribution >= 0.6 is 0 Å². The van der Waals surface area contributed by atoms with Crippen molar-refractivity contribution in [3.63, 3.8) is 0 Å². The van der Waals surface area contributed by atoms with Crippen LogP contribution in [0.15, 0.2) is 0 Å². The Labute approximate surface area is 74.8 Å². The molecule has 0 amide bonds. The van der Waals surface area contributed by atoms with Gasteiger partial charge in [0, 0.05) is 6.92 Å². The molecule has 0 bridgehead atoms. The first-order valence-corrected chi connectivity index (χ1v) is 3.25. The summed E-state index contributed by atoms with van der Waals surface area (Å²) in [5.74, 6) is -15.3. The normalized spacial score (nSPS) is 30.0. The van der Waals surface area contributed by atoms with Crippen LogP contribution in [-0.2, 0) is 23.9 Å². The minimum Gasteiger partial charge on any atom is -0.413 e. The SMILES string of the molecule is CC(=O)OC1(F)C(=O)OC(=O)C1(F)F. The summed E-state index contributed by atoms with van der Waals surface area (Å²) in [4.78, 5) is 31.0. The first-order valence-electron chi connectivity index (χ1n) is 3.25. The highest BCUT2D eigenvalue weighted by Gasteiger charge is 2.77. The van der Waals surface area contributed by atoms with E-state index in [1.807, 2.05) is 0 Å². The topological polar surface area (TPSA) is 69.7 Å². The van der Waals surface area contributed by atoms with Gasteiger partial charge in [0.1, 0.15) is 0 Å². The third-order valence-corrected chi connectivity index (χ3v) is 1.39. The molecular formula is C6H3F3O5. The van der Waals surface area contributed by atoms with E-state index in [1.165, 1.54) is 0 Å². The molecule has 8 heteroatoms. The zero-order chi connectivity index (χ0) is 11.1. The lowest BCUT2D eigenvalue weighted by molar-refractivity contribution is -0.236. The second kappa shape index (κ2) is 2.69. The molecule has 1 atom stereocenters. The molecule has 1 rings (SSSR count). The highest BCUT2D eigenvalue weighted by Crippen LogP contribution is 2.41. The molecule has 1 fully saturated rings. The van der Waals surface area contributed by atoms with E-state index in [2.05, 4.69) is 9.47 Å². The van der Waals surface area contributed by atoms with E-state index in [0.29, 0.717) is 6.92 Å². The van der Waals surface area contributed by atoms with Gasteiger partial charge >= 0.3 is 29.7 Å². The minimum atomic E-state index is -4.81. The summed E-state index contributed by atoms with van der Waals surface area (Å²) < 4.78 is 45.2. The Morgan fingerprint density at radius 3 is 2.07 bits per heavy atom. The van der Waals surface area contributed by atoms with Crippen molar-refractivity contribution in [1.82, 2.24) is 0 Å². The van der Waals surface area contributed by atoms with Gasteiger partial charge in [-0.15, -0.1) is 0 Å². The molecular weight excluding hydrogens is 209 g/mol. The lowest BCUT2D eigenvalue weighted by Gasteiger charge is -2.18. The Morgan fingerprint density at radius 2 is 1.79 bits per heavy atom. The fourth-order valence-electron chi connectivity index (χ4n) is 0.777. The average molecular weight is 212 g/mol. The van der Waals surface area contributed by atoms with Gasteiger partial charge in [0.25, 0.3) is 0 Å². The number of carbonyl (C=O) groups is 3. The minimum absolute atomic E-state index is 0.605. The van der Waals surface area contributed by atoms with Crippen molar-refractivity contribution in [3.05, 3.63) is 0 Å². The van der Waals surface area contributed by atoms with Crippen molar-refractivity contribution in [2.24, 2.45) is 0 Å². The van der Waals surface area contributed by atoms with E-state index in [9.17, 15) is 27.6 Å². The summed E-state index contributed by atoms with van der Waals surface area (Å²) in [5.41, 5.74) is 0. The predicted molar refractivity (Wildman–Crippen MR) is 31.7 cm³/mol. The number of halogens is 3. The number of hydrogen-bond acceptors (Lipinski definition) is 5. The molecule has 1 aliphatic heterocycles. The molecule has 5 nitrogen and oxygen atoms in total. The van der Waals surface area contributed by atoms with Gasteiger partial charge in [0.05, 0.1) is 0 Å². The monoisotopic (exact) mass is 212 g/mol. The first-order chi connectivity index (χ1) is 6.22. The van der Waals surface area contributed by atoms with Crippen LogP contribution in [-0.4, -0.2) is 29.7 Å². The number of alkyl halides is 3. The second-order valence-electron chi connectivity index (χ2n) is 2.44. The van der Waals surface area contributed by atoms with Crippen molar-refractivity contribution in [2.45, 2.75) is 18.7 Å². The second-order valence-corrected chi connectivity index (χ2v) is 2.44. The van der Waals surface area contributed by atoms with Gasteiger partial charge in [0.2, 0.25) is 0 Å². The molecule has 0 N–H and O–H groups in total. The van der Waals surface area contributed by atoms with Crippen LogP contribution in [0.25, 0.3) is 0 Å². The molecule has 1 unspecified atom stereocenters. The van der Waals surface area contributed by atoms with Crippen molar-refractivity contribution in [1.29, 1.82) is 0 Å². The molecule has 1 heterocycles. The summed E-state index contributed by atoms with van der Waals surface area (Å²) in [5, 5.41) is 0. The largest absolute Gasteiger partial charge is 0.423 e. The zero-order valence-corrected chi connectivity index (χ0v) is 6.68. The summed E-state index contributed by atoms with van der Waals surface area (Å²) in [6, 6.07) is 0. The van der Waals surface area contributed by atoms with Crippen molar-refractivity contribution >= 4 is 17.9 Å². The van der Waals surface area contributed by atoms with E-state index < -0.39 is 29.7 Å². The van der Waals surface area contributed by atoms with Gasteiger partial charge in [-0.1, -0.05) is 0 Å². The number of rotatable bonds is 1. The summed E-state index contributed by atoms with van der Waals surface area (Å²) in [7, 11) is 0. The lowest BCUT2D eigenvalue weighted by Crippen LogP contribution is -2.50. The van der Waals surface area contributed by atoms with E-state index >= 15 is 0 Å². The Balaban J connectivity index is 3.12. The molecule has 0 aromatic carbocycles. The summed E-state index contributed by atoms with van der Waals surface area (Å²) in [6.45, 7) is 0.605. The molecule has 1 saturated heterocycles. The van der Waals surface area contributed by atoms with Crippen LogP contribution in [0.1, 0.15) is 6.92 Å². The first kappa shape index (κ1) is 10.5. The number of ether oxygens (including phenoxy) is 2. The van der Waals surface area contributed by atoms with Crippen molar-refractivity contribution in [3.8, 4) is 0 Å². The van der Waals surface area contributed by atoms with Crippen LogP contribution in [0.5, 0.6) is 0 Å². The van der Waals surface area contributed by atoms with Gasteiger partial charge < -0.3 is 9.47 Å². The quantitative estimate of drug-likeness (QED) is 0.449. The third-order valence-electron chi connectivity index (χ3n) is 1.39. The van der Waals surface area contributed by atoms with E-state index in [-0.39, 0.29) is 0 Å². The fraction of sp³-hybridized carbons (Fsp3) is 0.500. The molecule has 0 aromatic heterocycles. The lowest BCUT2D eigenvalue weighted by atomic mass is 10.2. The molecule has 0 aliphatic carbocycles. The predicted octanol–water partition coefficient (Wildman–Crippen LogP) is -0.0660. The van der Waals surface area contributed by atoms with Crippen LogP contribution < -0.4 is 0 Å². The highest BCUT2D eigenvalue weighted by molar-refractivity contribution is 6.04. The Hall–Kier alpha value is -1.60. The van der Waals surface area contributed by atoms with Gasteiger partial charge in [-0.25, -0.2) is 9.59 Å². The molecule has 78 valence electrons. The maximum absolute atomic E-state index is 13.1. The smallest absolute Gasteiger partial charge is 0.413 e. The van der Waals surface area contributed by atoms with Crippen molar-refractivity contribution in [2.75, 3.05) is 0 Å². The average Bonchev–Trinajstić information content (AvgIpc) is 2.12. The van der Waals surface area contributed by atoms with Gasteiger partial charge in [-0.3, -0.25) is 4.79 Å². The molecule has 14 heavy (non-hydrogen) atoms. The third kappa shape index (κ3) is 1.14. The molecule has 0 spiro atoms. The van der Waals surface area contributed by atoms with E-state index in [1.54, 1.807) is 0 Å². The van der Waals surface area contributed by atoms with Gasteiger partial charge in [0.15, 0.2) is 0 Å². The van der Waals surface area contributed by atoms with E-state index in [0.717, 1.165) is 0 Å². The number of esters is 3. The highest BCUT2D eigenvalue weighted by atomic mass is 19.3. The Morgan fingerprint density at radius 1 is 1.29 bits per heavy atom.